The summed E-state index contributed by atoms with van der Waals surface area (Å²) in [4.78, 5) is 5.97. The fourth-order valence-corrected chi connectivity index (χ4v) is 3.08. The number of rotatable bonds is 4. The van der Waals surface area contributed by atoms with Crippen molar-refractivity contribution < 1.29 is 13.9 Å². The van der Waals surface area contributed by atoms with Crippen LogP contribution in [0.25, 0.3) is 11.3 Å². The maximum atomic E-state index is 6.20. The lowest BCUT2D eigenvalue weighted by Crippen LogP contribution is -2.37. The average molecular weight is 337 g/mol. The van der Waals surface area contributed by atoms with Crippen molar-refractivity contribution in [1.82, 2.24) is 4.98 Å². The molecule has 0 saturated carbocycles. The molecule has 2 heterocycles. The molecule has 1 aliphatic heterocycles. The molecule has 4 rings (SSSR count). The van der Waals surface area contributed by atoms with E-state index in [0.29, 0.717) is 18.1 Å². The Hall–Kier alpha value is -2.83. The molecule has 0 amide bonds. The number of anilines is 1. The van der Waals surface area contributed by atoms with E-state index in [-0.39, 0.29) is 6.10 Å². The van der Waals surface area contributed by atoms with Crippen molar-refractivity contribution in [1.29, 1.82) is 0 Å². The summed E-state index contributed by atoms with van der Waals surface area (Å²) in [7, 11) is 1.63. The first-order valence-electron chi connectivity index (χ1n) is 8.06. The van der Waals surface area contributed by atoms with Crippen LogP contribution in [0.1, 0.15) is 11.7 Å². The number of methoxy groups -OCH3 is 1. The smallest absolute Gasteiger partial charge is 0.185 e. The van der Waals surface area contributed by atoms with Gasteiger partial charge < -0.3 is 18.8 Å². The third kappa shape index (κ3) is 2.97. The number of hydrogen-bond donors (Lipinski definition) is 1. The monoisotopic (exact) mass is 337 g/mol. The highest BCUT2D eigenvalue weighted by atomic mass is 16.5. The summed E-state index contributed by atoms with van der Waals surface area (Å²) in [5.41, 5.74) is 9.09. The van der Waals surface area contributed by atoms with Crippen LogP contribution in [0.5, 0.6) is 5.75 Å². The maximum absolute atomic E-state index is 6.20. The second-order valence-electron chi connectivity index (χ2n) is 5.83. The van der Waals surface area contributed by atoms with Gasteiger partial charge in [0.05, 0.1) is 25.4 Å². The molecule has 2 N–H and O–H groups in total. The molecular formula is C19H19N3O3. The van der Waals surface area contributed by atoms with E-state index in [1.54, 1.807) is 13.3 Å². The lowest BCUT2D eigenvalue weighted by atomic mass is 10.1. The molecule has 25 heavy (non-hydrogen) atoms. The van der Waals surface area contributed by atoms with E-state index in [0.717, 1.165) is 16.8 Å². The number of nitrogens with two attached hydrogens (primary N) is 1. The topological polar surface area (TPSA) is 73.8 Å². The second-order valence-corrected chi connectivity index (χ2v) is 5.83. The minimum Gasteiger partial charge on any atom is -0.496 e. The van der Waals surface area contributed by atoms with Crippen molar-refractivity contribution in [3.8, 4) is 17.1 Å². The summed E-state index contributed by atoms with van der Waals surface area (Å²) in [6.45, 7) is 0.677. The van der Waals surface area contributed by atoms with Crippen molar-refractivity contribution in [3.63, 3.8) is 0 Å². The Morgan fingerprint density at radius 2 is 2.04 bits per heavy atom. The molecule has 1 aromatic heterocycles. The predicted molar refractivity (Wildman–Crippen MR) is 94.1 cm³/mol. The average Bonchev–Trinajstić information content (AvgIpc) is 3.32. The first-order valence-corrected chi connectivity index (χ1v) is 8.06. The number of nitrogens with zero attached hydrogens (tertiary/aromatic N) is 2. The summed E-state index contributed by atoms with van der Waals surface area (Å²) >= 11 is 0. The molecule has 1 fully saturated rings. The molecule has 2 unspecified atom stereocenters. The van der Waals surface area contributed by atoms with Crippen molar-refractivity contribution in [3.05, 3.63) is 66.7 Å². The summed E-state index contributed by atoms with van der Waals surface area (Å²) < 4.78 is 16.8. The number of ether oxygens (including phenoxy) is 2. The second kappa shape index (κ2) is 6.58. The molecule has 3 aromatic rings. The molecule has 1 aliphatic rings. The summed E-state index contributed by atoms with van der Waals surface area (Å²) in [5, 5.41) is 0. The van der Waals surface area contributed by atoms with Gasteiger partial charge in [-0.1, -0.05) is 30.3 Å². The lowest BCUT2D eigenvalue weighted by molar-refractivity contribution is 0.0522. The van der Waals surface area contributed by atoms with Gasteiger partial charge >= 0.3 is 0 Å². The number of aromatic nitrogens is 1. The molecule has 2 aromatic carbocycles. The zero-order valence-electron chi connectivity index (χ0n) is 13.8. The van der Waals surface area contributed by atoms with Crippen LogP contribution < -0.4 is 15.4 Å². The molecule has 0 spiro atoms. The van der Waals surface area contributed by atoms with E-state index in [9.17, 15) is 0 Å². The Labute approximate surface area is 145 Å². The highest BCUT2D eigenvalue weighted by Crippen LogP contribution is 2.37. The number of hydrogen-bond acceptors (Lipinski definition) is 6. The first-order chi connectivity index (χ1) is 12.3. The molecule has 0 bridgehead atoms. The summed E-state index contributed by atoms with van der Waals surface area (Å²) in [6.07, 6.45) is 2.49. The van der Waals surface area contributed by atoms with Gasteiger partial charge in [0.1, 0.15) is 11.9 Å². The normalized spacial score (nSPS) is 20.0. The van der Waals surface area contributed by atoms with Crippen molar-refractivity contribution in [2.24, 2.45) is 5.73 Å². The number of benzene rings is 2. The van der Waals surface area contributed by atoms with Gasteiger partial charge in [-0.05, 0) is 17.7 Å². The lowest BCUT2D eigenvalue weighted by Gasteiger charge is -2.22. The molecule has 128 valence electrons. The van der Waals surface area contributed by atoms with Gasteiger partial charge in [-0.2, -0.15) is 0 Å². The van der Waals surface area contributed by atoms with Crippen LogP contribution in [0, 0.1) is 0 Å². The highest BCUT2D eigenvalue weighted by molar-refractivity contribution is 5.70. The Kier molecular flexibility index (Phi) is 4.13. The van der Waals surface area contributed by atoms with E-state index in [1.807, 2.05) is 41.3 Å². The van der Waals surface area contributed by atoms with Crippen LogP contribution >= 0.6 is 0 Å². The van der Waals surface area contributed by atoms with E-state index >= 15 is 0 Å². The quantitative estimate of drug-likeness (QED) is 0.788. The third-order valence-corrected chi connectivity index (χ3v) is 4.36. The first kappa shape index (κ1) is 15.7. The van der Waals surface area contributed by atoms with E-state index in [2.05, 4.69) is 17.1 Å². The van der Waals surface area contributed by atoms with E-state index in [1.165, 1.54) is 6.39 Å². The Morgan fingerprint density at radius 1 is 1.20 bits per heavy atom. The Morgan fingerprint density at radius 3 is 2.76 bits per heavy atom. The largest absolute Gasteiger partial charge is 0.496 e. The molecular weight excluding hydrogens is 318 g/mol. The van der Waals surface area contributed by atoms with Gasteiger partial charge in [0.25, 0.3) is 0 Å². The molecule has 2 atom stereocenters. The van der Waals surface area contributed by atoms with Crippen LogP contribution in [-0.2, 0) is 4.74 Å². The SMILES string of the molecule is COc1cc(N2CC(c3ccccc3)OC2N)ccc1-c1cnco1. The minimum atomic E-state index is -0.508. The zero-order chi connectivity index (χ0) is 17.2. The Bertz CT molecular complexity index is 836. The van der Waals surface area contributed by atoms with Crippen molar-refractivity contribution in [2.75, 3.05) is 18.6 Å². The maximum Gasteiger partial charge on any atom is 0.185 e. The van der Waals surface area contributed by atoms with Gasteiger partial charge in [0, 0.05) is 11.8 Å². The molecule has 0 aliphatic carbocycles. The molecule has 1 saturated heterocycles. The van der Waals surface area contributed by atoms with Crippen LogP contribution in [0.3, 0.4) is 0 Å². The molecule has 6 nitrogen and oxygen atoms in total. The van der Waals surface area contributed by atoms with Crippen molar-refractivity contribution >= 4 is 5.69 Å². The molecule has 0 radical (unpaired) electrons. The van der Waals surface area contributed by atoms with Gasteiger partial charge in [-0.3, -0.25) is 5.73 Å². The predicted octanol–water partition coefficient (Wildman–Crippen LogP) is 3.17. The minimum absolute atomic E-state index is 0.0591. The summed E-state index contributed by atoms with van der Waals surface area (Å²) in [6, 6.07) is 16.0. The van der Waals surface area contributed by atoms with Gasteiger partial charge in [0.15, 0.2) is 18.5 Å². The van der Waals surface area contributed by atoms with Crippen LogP contribution in [-0.4, -0.2) is 25.0 Å². The van der Waals surface area contributed by atoms with Crippen LogP contribution in [0.15, 0.2) is 65.5 Å². The van der Waals surface area contributed by atoms with E-state index < -0.39 is 6.35 Å². The summed E-state index contributed by atoms with van der Waals surface area (Å²) in [5.74, 6) is 1.36. The molecule has 6 heteroatoms. The Balaban J connectivity index is 1.61. The number of oxazole rings is 1. The standard InChI is InChI=1S/C19H19N3O3/c1-23-16-9-14(7-8-15(16)17-10-21-12-24-17)22-11-18(25-19(22)20)13-5-3-2-4-6-13/h2-10,12,18-19H,11,20H2,1H3. The van der Waals surface area contributed by atoms with Crippen LogP contribution in [0.2, 0.25) is 0 Å². The third-order valence-electron chi connectivity index (χ3n) is 4.36. The zero-order valence-corrected chi connectivity index (χ0v) is 13.8. The van der Waals surface area contributed by atoms with E-state index in [4.69, 9.17) is 19.6 Å². The van der Waals surface area contributed by atoms with Crippen molar-refractivity contribution in [2.45, 2.75) is 12.5 Å². The van der Waals surface area contributed by atoms with Gasteiger partial charge in [-0.25, -0.2) is 4.98 Å². The fraction of sp³-hybridized carbons (Fsp3) is 0.211. The highest BCUT2D eigenvalue weighted by Gasteiger charge is 2.32. The van der Waals surface area contributed by atoms with Gasteiger partial charge in [0.2, 0.25) is 0 Å². The fourth-order valence-electron chi connectivity index (χ4n) is 3.08. The van der Waals surface area contributed by atoms with Crippen LogP contribution in [0.4, 0.5) is 5.69 Å². The van der Waals surface area contributed by atoms with Gasteiger partial charge in [-0.15, -0.1) is 0 Å².